The lowest BCUT2D eigenvalue weighted by Gasteiger charge is -2.32. The molecule has 1 fully saturated rings. The van der Waals surface area contributed by atoms with Crippen LogP contribution in [0, 0.1) is 5.92 Å². The number of hydrogen-bond acceptors (Lipinski definition) is 2. The Labute approximate surface area is 96.3 Å². The lowest BCUT2D eigenvalue weighted by molar-refractivity contribution is 0.321. The first-order chi connectivity index (χ1) is 7.31. The molecule has 3 heteroatoms. The maximum atomic E-state index is 5.89. The van der Waals surface area contributed by atoms with Gasteiger partial charge in [-0.1, -0.05) is 6.42 Å². The molecule has 0 saturated heterocycles. The van der Waals surface area contributed by atoms with Crippen molar-refractivity contribution in [2.45, 2.75) is 25.1 Å². The predicted molar refractivity (Wildman–Crippen MR) is 64.4 cm³/mol. The van der Waals surface area contributed by atoms with E-state index in [-0.39, 0.29) is 0 Å². The van der Waals surface area contributed by atoms with E-state index in [0.29, 0.717) is 5.88 Å². The molecule has 15 heavy (non-hydrogen) atoms. The largest absolute Gasteiger partial charge is 0.374 e. The van der Waals surface area contributed by atoms with Gasteiger partial charge >= 0.3 is 0 Å². The standard InChI is InChI=1S/C12H17ClN2/c1-15(9-10-3-2-4-10)12-5-6-14-8-11(12)7-13/h5-6,8,10H,2-4,7,9H2,1H3. The normalized spacial score (nSPS) is 16.1. The summed E-state index contributed by atoms with van der Waals surface area (Å²) in [5, 5.41) is 0. The topological polar surface area (TPSA) is 16.1 Å². The zero-order chi connectivity index (χ0) is 10.7. The van der Waals surface area contributed by atoms with E-state index < -0.39 is 0 Å². The molecule has 0 spiro atoms. The van der Waals surface area contributed by atoms with Crippen LogP contribution >= 0.6 is 11.6 Å². The minimum absolute atomic E-state index is 0.540. The van der Waals surface area contributed by atoms with Crippen molar-refractivity contribution in [3.63, 3.8) is 0 Å². The Morgan fingerprint density at radius 3 is 2.93 bits per heavy atom. The Morgan fingerprint density at radius 2 is 2.33 bits per heavy atom. The average Bonchev–Trinajstić information content (AvgIpc) is 2.23. The molecule has 0 amide bonds. The number of aromatic nitrogens is 1. The van der Waals surface area contributed by atoms with E-state index >= 15 is 0 Å². The predicted octanol–water partition coefficient (Wildman–Crippen LogP) is 3.06. The van der Waals surface area contributed by atoms with Crippen LogP contribution in [0.4, 0.5) is 5.69 Å². The van der Waals surface area contributed by atoms with Crippen molar-refractivity contribution < 1.29 is 0 Å². The summed E-state index contributed by atoms with van der Waals surface area (Å²) in [4.78, 5) is 6.41. The van der Waals surface area contributed by atoms with E-state index in [4.69, 9.17) is 11.6 Å². The second kappa shape index (κ2) is 4.84. The number of hydrogen-bond donors (Lipinski definition) is 0. The molecule has 0 bridgehead atoms. The fourth-order valence-electron chi connectivity index (χ4n) is 2.06. The number of rotatable bonds is 4. The van der Waals surface area contributed by atoms with Crippen LogP contribution in [-0.2, 0) is 5.88 Å². The van der Waals surface area contributed by atoms with Crippen molar-refractivity contribution >= 4 is 17.3 Å². The molecule has 0 aliphatic heterocycles. The summed E-state index contributed by atoms with van der Waals surface area (Å²) in [6.45, 7) is 1.15. The minimum Gasteiger partial charge on any atom is -0.374 e. The van der Waals surface area contributed by atoms with Gasteiger partial charge in [0.2, 0.25) is 0 Å². The van der Waals surface area contributed by atoms with Gasteiger partial charge in [0.05, 0.1) is 5.88 Å². The zero-order valence-corrected chi connectivity index (χ0v) is 9.87. The van der Waals surface area contributed by atoms with Crippen LogP contribution in [0.15, 0.2) is 18.5 Å². The highest BCUT2D eigenvalue weighted by Gasteiger charge is 2.19. The highest BCUT2D eigenvalue weighted by atomic mass is 35.5. The lowest BCUT2D eigenvalue weighted by Crippen LogP contribution is -2.29. The van der Waals surface area contributed by atoms with Crippen molar-refractivity contribution in [1.29, 1.82) is 0 Å². The lowest BCUT2D eigenvalue weighted by atomic mass is 9.85. The maximum absolute atomic E-state index is 5.89. The molecule has 1 aromatic rings. The van der Waals surface area contributed by atoms with Crippen LogP contribution < -0.4 is 4.90 Å². The molecule has 0 unspecified atom stereocenters. The third-order valence-electron chi connectivity index (χ3n) is 3.19. The Kier molecular flexibility index (Phi) is 3.47. The van der Waals surface area contributed by atoms with Crippen molar-refractivity contribution in [1.82, 2.24) is 4.98 Å². The molecule has 1 heterocycles. The molecule has 1 saturated carbocycles. The van der Waals surface area contributed by atoms with Crippen LogP contribution in [-0.4, -0.2) is 18.6 Å². The molecular weight excluding hydrogens is 208 g/mol. The Hall–Kier alpha value is -0.760. The van der Waals surface area contributed by atoms with Gasteiger partial charge in [0, 0.05) is 37.2 Å². The van der Waals surface area contributed by atoms with Gasteiger partial charge in [0.25, 0.3) is 0 Å². The fourth-order valence-corrected chi connectivity index (χ4v) is 2.26. The summed E-state index contributed by atoms with van der Waals surface area (Å²) in [5.41, 5.74) is 2.35. The van der Waals surface area contributed by atoms with E-state index in [1.807, 2.05) is 12.4 Å². The Bertz CT molecular complexity index is 323. The smallest absolute Gasteiger partial charge is 0.0509 e. The van der Waals surface area contributed by atoms with Crippen LogP contribution in [0.3, 0.4) is 0 Å². The maximum Gasteiger partial charge on any atom is 0.0509 e. The third-order valence-corrected chi connectivity index (χ3v) is 3.48. The van der Waals surface area contributed by atoms with Crippen molar-refractivity contribution in [3.05, 3.63) is 24.0 Å². The first kappa shape index (κ1) is 10.7. The van der Waals surface area contributed by atoms with Gasteiger partial charge in [-0.25, -0.2) is 0 Å². The Morgan fingerprint density at radius 1 is 1.53 bits per heavy atom. The van der Waals surface area contributed by atoms with Crippen molar-refractivity contribution in [3.8, 4) is 0 Å². The minimum atomic E-state index is 0.540. The Balaban J connectivity index is 2.05. The molecule has 1 aliphatic rings. The van der Waals surface area contributed by atoms with E-state index in [1.54, 1.807) is 0 Å². The number of alkyl halides is 1. The second-order valence-electron chi connectivity index (χ2n) is 4.32. The monoisotopic (exact) mass is 224 g/mol. The summed E-state index contributed by atoms with van der Waals surface area (Å²) >= 11 is 5.89. The number of nitrogens with zero attached hydrogens (tertiary/aromatic N) is 2. The summed E-state index contributed by atoms with van der Waals surface area (Å²) in [5.74, 6) is 1.42. The fraction of sp³-hybridized carbons (Fsp3) is 0.583. The zero-order valence-electron chi connectivity index (χ0n) is 9.12. The van der Waals surface area contributed by atoms with Gasteiger partial charge in [0.1, 0.15) is 0 Å². The first-order valence-corrected chi connectivity index (χ1v) is 6.04. The quantitative estimate of drug-likeness (QED) is 0.731. The molecule has 2 nitrogen and oxygen atoms in total. The van der Waals surface area contributed by atoms with Gasteiger partial charge in [-0.3, -0.25) is 4.98 Å². The molecule has 82 valence electrons. The molecule has 0 aromatic carbocycles. The summed E-state index contributed by atoms with van der Waals surface area (Å²) < 4.78 is 0. The third kappa shape index (κ3) is 2.43. The summed E-state index contributed by atoms with van der Waals surface area (Å²) in [6, 6.07) is 2.05. The van der Waals surface area contributed by atoms with Crippen LogP contribution in [0.1, 0.15) is 24.8 Å². The molecule has 2 rings (SSSR count). The van der Waals surface area contributed by atoms with Gasteiger partial charge < -0.3 is 4.90 Å². The van der Waals surface area contributed by atoms with E-state index in [2.05, 4.69) is 23.0 Å². The van der Waals surface area contributed by atoms with Gasteiger partial charge in [-0.05, 0) is 24.8 Å². The van der Waals surface area contributed by atoms with Crippen molar-refractivity contribution in [2.24, 2.45) is 5.92 Å². The van der Waals surface area contributed by atoms with E-state index in [1.165, 1.54) is 24.9 Å². The number of halogens is 1. The molecule has 0 atom stereocenters. The van der Waals surface area contributed by atoms with E-state index in [9.17, 15) is 0 Å². The molecule has 1 aliphatic carbocycles. The van der Waals surface area contributed by atoms with Gasteiger partial charge in [0.15, 0.2) is 0 Å². The van der Waals surface area contributed by atoms with Crippen LogP contribution in [0.2, 0.25) is 0 Å². The van der Waals surface area contributed by atoms with Crippen LogP contribution in [0.25, 0.3) is 0 Å². The average molecular weight is 225 g/mol. The summed E-state index contributed by atoms with van der Waals surface area (Å²) in [6.07, 6.45) is 7.86. The van der Waals surface area contributed by atoms with Gasteiger partial charge in [-0.2, -0.15) is 0 Å². The second-order valence-corrected chi connectivity index (χ2v) is 4.58. The molecule has 0 N–H and O–H groups in total. The van der Waals surface area contributed by atoms with Crippen LogP contribution in [0.5, 0.6) is 0 Å². The highest BCUT2D eigenvalue weighted by molar-refractivity contribution is 6.17. The highest BCUT2D eigenvalue weighted by Crippen LogP contribution is 2.29. The number of anilines is 1. The molecular formula is C12H17ClN2. The number of pyridine rings is 1. The van der Waals surface area contributed by atoms with Gasteiger partial charge in [-0.15, -0.1) is 11.6 Å². The summed E-state index contributed by atoms with van der Waals surface area (Å²) in [7, 11) is 2.14. The molecule has 0 radical (unpaired) electrons. The molecule has 1 aromatic heterocycles. The first-order valence-electron chi connectivity index (χ1n) is 5.51. The van der Waals surface area contributed by atoms with Crippen molar-refractivity contribution in [2.75, 3.05) is 18.5 Å². The SMILES string of the molecule is CN(CC1CCC1)c1ccncc1CCl. The van der Waals surface area contributed by atoms with E-state index in [0.717, 1.165) is 18.0 Å².